The highest BCUT2D eigenvalue weighted by atomic mass is 16.5. The van der Waals surface area contributed by atoms with Crippen LogP contribution in [0, 0.1) is 12.8 Å². The highest BCUT2D eigenvalue weighted by Crippen LogP contribution is 2.25. The van der Waals surface area contributed by atoms with E-state index in [1.165, 1.54) is 0 Å². The minimum absolute atomic E-state index is 0.00471. The minimum atomic E-state index is -0.00471. The predicted octanol–water partition coefficient (Wildman–Crippen LogP) is 4.59. The first-order valence-corrected chi connectivity index (χ1v) is 9.92. The van der Waals surface area contributed by atoms with Crippen LogP contribution < -0.4 is 4.74 Å². The second-order valence-corrected chi connectivity index (χ2v) is 7.20. The fourth-order valence-corrected chi connectivity index (χ4v) is 3.45. The molecule has 0 amide bonds. The first kappa shape index (κ1) is 20.1. The van der Waals surface area contributed by atoms with Crippen LogP contribution in [0.1, 0.15) is 54.4 Å². The number of aromatic nitrogens is 2. The lowest BCUT2D eigenvalue weighted by atomic mass is 9.95. The number of carbonyl (C=O) groups excluding carboxylic acids is 1. The van der Waals surface area contributed by atoms with Crippen molar-refractivity contribution in [2.75, 3.05) is 6.61 Å². The van der Waals surface area contributed by atoms with Gasteiger partial charge >= 0.3 is 0 Å². The zero-order valence-corrected chi connectivity index (χ0v) is 16.6. The maximum absolute atomic E-state index is 13.0. The zero-order valence-electron chi connectivity index (χ0n) is 16.6. The molecule has 2 aromatic heterocycles. The fraction of sp³-hybridized carbons (Fsp3) is 0.391. The molecule has 0 spiro atoms. The Balaban J connectivity index is 1.82. The maximum atomic E-state index is 13.0. The van der Waals surface area contributed by atoms with Crippen molar-refractivity contribution in [2.45, 2.75) is 46.1 Å². The Morgan fingerprint density at radius 3 is 2.71 bits per heavy atom. The van der Waals surface area contributed by atoms with Crippen LogP contribution in [0.4, 0.5) is 0 Å². The Morgan fingerprint density at radius 1 is 1.21 bits per heavy atom. The molecule has 0 radical (unpaired) electrons. The first-order valence-electron chi connectivity index (χ1n) is 9.92. The molecular weight excluding hydrogens is 352 g/mol. The summed E-state index contributed by atoms with van der Waals surface area (Å²) in [5, 5.41) is 9.61. The number of ketones is 1. The average Bonchev–Trinajstić information content (AvgIpc) is 3.06. The van der Waals surface area contributed by atoms with E-state index in [1.54, 1.807) is 0 Å². The second kappa shape index (κ2) is 9.51. The Bertz CT molecular complexity index is 918. The molecule has 3 aromatic rings. The van der Waals surface area contributed by atoms with Crippen molar-refractivity contribution in [1.29, 1.82) is 0 Å². The van der Waals surface area contributed by atoms with Gasteiger partial charge in [0.1, 0.15) is 12.3 Å². The van der Waals surface area contributed by atoms with E-state index >= 15 is 0 Å². The van der Waals surface area contributed by atoms with Gasteiger partial charge in [-0.3, -0.25) is 9.20 Å². The number of aliphatic hydroxyl groups excluding tert-OH is 1. The summed E-state index contributed by atoms with van der Waals surface area (Å²) in [5.74, 6) is 0.661. The molecule has 148 valence electrons. The monoisotopic (exact) mass is 380 g/mol. The number of aliphatic hydroxyl groups is 1. The minimum Gasteiger partial charge on any atom is -0.485 e. The normalized spacial score (nSPS) is 12.2. The summed E-state index contributed by atoms with van der Waals surface area (Å²) < 4.78 is 7.79. The number of Topliss-reactive ketones (excluding diaryl/α,β-unsaturated/α-hetero) is 1. The molecule has 0 aliphatic carbocycles. The molecule has 28 heavy (non-hydrogen) atoms. The van der Waals surface area contributed by atoms with E-state index in [2.05, 4.69) is 11.9 Å². The molecule has 2 heterocycles. The Hall–Kier alpha value is -2.66. The van der Waals surface area contributed by atoms with E-state index in [-0.39, 0.29) is 18.3 Å². The first-order chi connectivity index (χ1) is 13.6. The van der Waals surface area contributed by atoms with Crippen molar-refractivity contribution in [3.63, 3.8) is 0 Å². The predicted molar refractivity (Wildman–Crippen MR) is 110 cm³/mol. The molecule has 5 nitrogen and oxygen atoms in total. The lowest BCUT2D eigenvalue weighted by Crippen LogP contribution is -2.15. The van der Waals surface area contributed by atoms with Crippen LogP contribution in [0.2, 0.25) is 0 Å². The molecule has 0 aliphatic heterocycles. The van der Waals surface area contributed by atoms with Gasteiger partial charge in [0.05, 0.1) is 5.69 Å². The SMILES string of the molecule is CCCC[C@H](CO)CC(=O)c1c(C)nc2c(OCc3ccccc3)cccn12. The maximum Gasteiger partial charge on any atom is 0.181 e. The topological polar surface area (TPSA) is 63.8 Å². The van der Waals surface area contributed by atoms with E-state index in [0.29, 0.717) is 35.8 Å². The molecule has 0 aliphatic rings. The molecule has 5 heteroatoms. The standard InChI is InChI=1S/C23H28N2O3/c1-3-4-9-19(15-26)14-20(27)22-17(2)24-23-21(12-8-13-25(22)23)28-16-18-10-6-5-7-11-18/h5-8,10-13,19,26H,3-4,9,14-16H2,1-2H3/t19-/m0/s1. The fourth-order valence-electron chi connectivity index (χ4n) is 3.45. The summed E-state index contributed by atoms with van der Waals surface area (Å²) in [5.41, 5.74) is 2.99. The number of rotatable bonds is 10. The van der Waals surface area contributed by atoms with Crippen molar-refractivity contribution in [1.82, 2.24) is 9.38 Å². The third-order valence-corrected chi connectivity index (χ3v) is 4.99. The summed E-state index contributed by atoms with van der Waals surface area (Å²) in [7, 11) is 0. The van der Waals surface area contributed by atoms with Crippen LogP contribution >= 0.6 is 0 Å². The third-order valence-electron chi connectivity index (χ3n) is 4.99. The van der Waals surface area contributed by atoms with Gasteiger partial charge in [0.25, 0.3) is 0 Å². The summed E-state index contributed by atoms with van der Waals surface area (Å²) >= 11 is 0. The number of hydrogen-bond acceptors (Lipinski definition) is 4. The number of hydrogen-bond donors (Lipinski definition) is 1. The van der Waals surface area contributed by atoms with E-state index < -0.39 is 0 Å². The number of carbonyl (C=O) groups is 1. The van der Waals surface area contributed by atoms with Crippen molar-refractivity contribution < 1.29 is 14.6 Å². The molecule has 1 aromatic carbocycles. The molecule has 1 atom stereocenters. The van der Waals surface area contributed by atoms with Crippen molar-refractivity contribution in [3.05, 3.63) is 65.6 Å². The van der Waals surface area contributed by atoms with Gasteiger partial charge < -0.3 is 9.84 Å². The lowest BCUT2D eigenvalue weighted by molar-refractivity contribution is 0.0923. The van der Waals surface area contributed by atoms with Gasteiger partial charge in [-0.2, -0.15) is 0 Å². The highest BCUT2D eigenvalue weighted by molar-refractivity contribution is 5.96. The van der Waals surface area contributed by atoms with Gasteiger partial charge in [-0.25, -0.2) is 4.98 Å². The molecule has 0 saturated carbocycles. The number of nitrogens with zero attached hydrogens (tertiary/aromatic N) is 2. The zero-order chi connectivity index (χ0) is 19.9. The summed E-state index contributed by atoms with van der Waals surface area (Å²) in [4.78, 5) is 17.5. The largest absolute Gasteiger partial charge is 0.485 e. The van der Waals surface area contributed by atoms with E-state index in [0.717, 1.165) is 24.8 Å². The number of fused-ring (bicyclic) bond motifs is 1. The van der Waals surface area contributed by atoms with Gasteiger partial charge in [-0.05, 0) is 37.0 Å². The lowest BCUT2D eigenvalue weighted by Gasteiger charge is -2.13. The molecule has 1 N–H and O–H groups in total. The van der Waals surface area contributed by atoms with E-state index in [9.17, 15) is 9.90 Å². The molecule has 0 saturated heterocycles. The van der Waals surface area contributed by atoms with E-state index in [4.69, 9.17) is 4.74 Å². The van der Waals surface area contributed by atoms with Crippen molar-refractivity contribution in [2.24, 2.45) is 5.92 Å². The highest BCUT2D eigenvalue weighted by Gasteiger charge is 2.21. The van der Waals surface area contributed by atoms with Gasteiger partial charge in [0.15, 0.2) is 17.2 Å². The number of benzene rings is 1. The van der Waals surface area contributed by atoms with Crippen LogP contribution in [-0.4, -0.2) is 26.9 Å². The Labute approximate surface area is 166 Å². The Morgan fingerprint density at radius 2 is 2.00 bits per heavy atom. The summed E-state index contributed by atoms with van der Waals surface area (Å²) in [6.45, 7) is 4.44. The van der Waals surface area contributed by atoms with Crippen LogP contribution in [0.15, 0.2) is 48.7 Å². The van der Waals surface area contributed by atoms with Crippen LogP contribution in [0.5, 0.6) is 5.75 Å². The van der Waals surface area contributed by atoms with Crippen LogP contribution in [-0.2, 0) is 6.61 Å². The summed E-state index contributed by atoms with van der Waals surface area (Å²) in [6.07, 6.45) is 5.11. The van der Waals surface area contributed by atoms with Crippen molar-refractivity contribution in [3.8, 4) is 5.75 Å². The summed E-state index contributed by atoms with van der Waals surface area (Å²) in [6, 6.07) is 13.7. The number of imidazole rings is 1. The number of unbranched alkanes of at least 4 members (excludes halogenated alkanes) is 1. The molecular formula is C23H28N2O3. The second-order valence-electron chi connectivity index (χ2n) is 7.20. The molecule has 3 rings (SSSR count). The number of pyridine rings is 1. The molecule has 0 unspecified atom stereocenters. The average molecular weight is 380 g/mol. The number of aryl methyl sites for hydroxylation is 1. The van der Waals surface area contributed by atoms with Crippen molar-refractivity contribution >= 4 is 11.4 Å². The smallest absolute Gasteiger partial charge is 0.181 e. The van der Waals surface area contributed by atoms with Crippen LogP contribution in [0.3, 0.4) is 0 Å². The third kappa shape index (κ3) is 4.60. The molecule has 0 fully saturated rings. The number of ether oxygens (including phenoxy) is 1. The van der Waals surface area contributed by atoms with Gasteiger partial charge in [0.2, 0.25) is 0 Å². The van der Waals surface area contributed by atoms with Gasteiger partial charge in [-0.1, -0.05) is 50.1 Å². The quantitative estimate of drug-likeness (QED) is 0.522. The molecule has 0 bridgehead atoms. The van der Waals surface area contributed by atoms with E-state index in [1.807, 2.05) is 60.0 Å². The van der Waals surface area contributed by atoms with Gasteiger partial charge in [0, 0.05) is 19.2 Å². The van der Waals surface area contributed by atoms with Crippen LogP contribution in [0.25, 0.3) is 5.65 Å². The Kier molecular flexibility index (Phi) is 6.82. The van der Waals surface area contributed by atoms with Gasteiger partial charge in [-0.15, -0.1) is 0 Å².